The molecule has 0 unspecified atom stereocenters. The smallest absolute Gasteiger partial charge is 0.221 e. The van der Waals surface area contributed by atoms with E-state index in [2.05, 4.69) is 54.5 Å². The molecular formula is C22H30N2O. The number of carbonyl (C=O) groups excluding carboxylic acids is 1. The van der Waals surface area contributed by atoms with Crippen LogP contribution >= 0.6 is 0 Å². The number of benzene rings is 1. The lowest BCUT2D eigenvalue weighted by Gasteiger charge is -2.38. The summed E-state index contributed by atoms with van der Waals surface area (Å²) in [5.41, 5.74) is 3.45. The van der Waals surface area contributed by atoms with Crippen molar-refractivity contribution in [2.75, 3.05) is 13.1 Å². The first-order chi connectivity index (χ1) is 12.1. The Morgan fingerprint density at radius 3 is 2.76 bits per heavy atom. The summed E-state index contributed by atoms with van der Waals surface area (Å²) in [7, 11) is 0. The Bertz CT molecular complexity index is 652. The predicted octanol–water partition coefficient (Wildman–Crippen LogP) is 4.06. The van der Waals surface area contributed by atoms with Gasteiger partial charge in [0.1, 0.15) is 0 Å². The van der Waals surface area contributed by atoms with Gasteiger partial charge in [-0.25, -0.2) is 0 Å². The van der Waals surface area contributed by atoms with E-state index >= 15 is 0 Å². The van der Waals surface area contributed by atoms with Crippen molar-refractivity contribution in [3.05, 3.63) is 71.8 Å². The largest absolute Gasteiger partial charge is 0.352 e. The van der Waals surface area contributed by atoms with E-state index in [1.807, 2.05) is 25.1 Å². The number of amides is 1. The third-order valence-corrected chi connectivity index (χ3v) is 4.89. The Balaban J connectivity index is 2.09. The molecular weight excluding hydrogens is 308 g/mol. The zero-order valence-corrected chi connectivity index (χ0v) is 15.5. The second-order valence-electron chi connectivity index (χ2n) is 6.83. The maximum atomic E-state index is 12.7. The first-order valence-corrected chi connectivity index (χ1v) is 9.08. The summed E-state index contributed by atoms with van der Waals surface area (Å²) >= 11 is 0. The Morgan fingerprint density at radius 2 is 2.12 bits per heavy atom. The number of aryl methyl sites for hydroxylation is 1. The molecule has 2 rings (SSSR count). The first-order valence-electron chi connectivity index (χ1n) is 9.08. The van der Waals surface area contributed by atoms with Gasteiger partial charge in [0.15, 0.2) is 0 Å². The molecule has 1 aliphatic heterocycles. The Morgan fingerprint density at radius 1 is 1.36 bits per heavy atom. The van der Waals surface area contributed by atoms with Crippen molar-refractivity contribution < 1.29 is 4.79 Å². The van der Waals surface area contributed by atoms with Crippen molar-refractivity contribution in [2.24, 2.45) is 5.41 Å². The number of carbonyl (C=O) groups is 1. The Hall–Kier alpha value is -2.13. The second kappa shape index (κ2) is 9.38. The molecule has 1 heterocycles. The lowest BCUT2D eigenvalue weighted by atomic mass is 9.69. The van der Waals surface area contributed by atoms with Crippen LogP contribution in [0.5, 0.6) is 0 Å². The molecule has 25 heavy (non-hydrogen) atoms. The molecule has 0 spiro atoms. The maximum absolute atomic E-state index is 12.7. The number of hydrogen-bond acceptors (Lipinski definition) is 2. The van der Waals surface area contributed by atoms with E-state index in [1.165, 1.54) is 11.1 Å². The molecule has 1 aromatic carbocycles. The van der Waals surface area contributed by atoms with Crippen molar-refractivity contribution in [2.45, 2.75) is 39.7 Å². The minimum absolute atomic E-state index is 0.108. The van der Waals surface area contributed by atoms with Gasteiger partial charge in [-0.05, 0) is 50.9 Å². The summed E-state index contributed by atoms with van der Waals surface area (Å²) in [5, 5.41) is 6.51. The van der Waals surface area contributed by atoms with Crippen LogP contribution in [0.15, 0.2) is 60.7 Å². The molecule has 0 atom stereocenters. The van der Waals surface area contributed by atoms with Gasteiger partial charge in [0.25, 0.3) is 0 Å². The molecule has 3 nitrogen and oxygen atoms in total. The second-order valence-corrected chi connectivity index (χ2v) is 6.83. The molecule has 0 radical (unpaired) electrons. The van der Waals surface area contributed by atoms with E-state index in [4.69, 9.17) is 0 Å². The van der Waals surface area contributed by atoms with E-state index in [9.17, 15) is 4.79 Å². The number of rotatable bonds is 7. The van der Waals surface area contributed by atoms with E-state index in [0.717, 1.165) is 31.5 Å². The van der Waals surface area contributed by atoms with Crippen LogP contribution in [0, 0.1) is 12.3 Å². The molecule has 1 fully saturated rings. The molecule has 1 aliphatic rings. The monoisotopic (exact) mass is 338 g/mol. The first kappa shape index (κ1) is 19.2. The van der Waals surface area contributed by atoms with Gasteiger partial charge in [-0.15, -0.1) is 0 Å². The molecule has 1 amide bonds. The standard InChI is InChI=1S/C22H30N2O/c1-4-7-20(8-5-2)22(11-13-23-14-12-22)16-21(25)24-17-19-10-6-9-18(3)15-19/h4-10,15,23H,1,11-14,16-17H2,2-3H3,(H,24,25)/b8-5-,20-7+. The van der Waals surface area contributed by atoms with Crippen LogP contribution in [0.1, 0.15) is 37.3 Å². The fraction of sp³-hybridized carbons (Fsp3) is 0.409. The van der Waals surface area contributed by atoms with Crippen LogP contribution in [0.2, 0.25) is 0 Å². The number of nitrogens with one attached hydrogen (secondary N) is 2. The van der Waals surface area contributed by atoms with Gasteiger partial charge in [0.2, 0.25) is 5.91 Å². The third-order valence-electron chi connectivity index (χ3n) is 4.89. The summed E-state index contributed by atoms with van der Waals surface area (Å²) in [6, 6.07) is 8.26. The van der Waals surface area contributed by atoms with Gasteiger partial charge in [-0.3, -0.25) is 4.79 Å². The normalized spacial score (nSPS) is 17.4. The fourth-order valence-electron chi connectivity index (χ4n) is 3.58. The van der Waals surface area contributed by atoms with E-state index < -0.39 is 0 Å². The quantitative estimate of drug-likeness (QED) is 0.736. The molecule has 0 aliphatic carbocycles. The molecule has 2 N–H and O–H groups in total. The maximum Gasteiger partial charge on any atom is 0.221 e. The highest BCUT2D eigenvalue weighted by Crippen LogP contribution is 2.41. The van der Waals surface area contributed by atoms with E-state index in [1.54, 1.807) is 0 Å². The van der Waals surface area contributed by atoms with Crippen molar-refractivity contribution in [3.8, 4) is 0 Å². The summed E-state index contributed by atoms with van der Waals surface area (Å²) < 4.78 is 0. The van der Waals surface area contributed by atoms with Crippen LogP contribution in [0.4, 0.5) is 0 Å². The average molecular weight is 338 g/mol. The van der Waals surface area contributed by atoms with Gasteiger partial charge < -0.3 is 10.6 Å². The predicted molar refractivity (Wildman–Crippen MR) is 105 cm³/mol. The zero-order valence-electron chi connectivity index (χ0n) is 15.5. The van der Waals surface area contributed by atoms with Crippen LogP contribution in [-0.4, -0.2) is 19.0 Å². The van der Waals surface area contributed by atoms with Gasteiger partial charge in [0.05, 0.1) is 0 Å². The SMILES string of the molecule is C=C/C=C(\C=C/C)C1(CC(=O)NCc2cccc(C)c2)CCNCC1. The zero-order chi connectivity index (χ0) is 18.1. The van der Waals surface area contributed by atoms with Gasteiger partial charge in [0, 0.05) is 18.4 Å². The number of hydrogen-bond donors (Lipinski definition) is 2. The molecule has 1 saturated heterocycles. The minimum Gasteiger partial charge on any atom is -0.352 e. The van der Waals surface area contributed by atoms with Gasteiger partial charge >= 0.3 is 0 Å². The molecule has 3 heteroatoms. The minimum atomic E-state index is -0.108. The van der Waals surface area contributed by atoms with Crippen molar-refractivity contribution in [1.82, 2.24) is 10.6 Å². The number of piperidine rings is 1. The molecule has 0 bridgehead atoms. The van der Waals surface area contributed by atoms with Gasteiger partial charge in [-0.2, -0.15) is 0 Å². The van der Waals surface area contributed by atoms with Crippen LogP contribution in [0.3, 0.4) is 0 Å². The highest BCUT2D eigenvalue weighted by Gasteiger charge is 2.36. The average Bonchev–Trinajstić information content (AvgIpc) is 2.61. The lowest BCUT2D eigenvalue weighted by molar-refractivity contribution is -0.123. The van der Waals surface area contributed by atoms with Crippen LogP contribution in [0.25, 0.3) is 0 Å². The topological polar surface area (TPSA) is 41.1 Å². The van der Waals surface area contributed by atoms with Crippen LogP contribution in [-0.2, 0) is 11.3 Å². The molecule has 0 aromatic heterocycles. The highest BCUT2D eigenvalue weighted by molar-refractivity contribution is 5.77. The summed E-state index contributed by atoms with van der Waals surface area (Å²) in [6.07, 6.45) is 10.5. The van der Waals surface area contributed by atoms with Crippen molar-refractivity contribution >= 4 is 5.91 Å². The van der Waals surface area contributed by atoms with Gasteiger partial charge in [-0.1, -0.05) is 60.7 Å². The molecule has 1 aromatic rings. The summed E-state index contributed by atoms with van der Waals surface area (Å²) in [6.45, 7) is 10.4. The van der Waals surface area contributed by atoms with E-state index in [0.29, 0.717) is 13.0 Å². The Kier molecular flexibility index (Phi) is 7.20. The van der Waals surface area contributed by atoms with Crippen molar-refractivity contribution in [3.63, 3.8) is 0 Å². The number of allylic oxidation sites excluding steroid dienone is 5. The summed E-state index contributed by atoms with van der Waals surface area (Å²) in [5.74, 6) is 0.114. The molecule has 134 valence electrons. The van der Waals surface area contributed by atoms with E-state index in [-0.39, 0.29) is 11.3 Å². The third kappa shape index (κ3) is 5.43. The fourth-order valence-corrected chi connectivity index (χ4v) is 3.58. The Labute approximate surface area is 151 Å². The lowest BCUT2D eigenvalue weighted by Crippen LogP contribution is -2.41. The highest BCUT2D eigenvalue weighted by atomic mass is 16.1. The van der Waals surface area contributed by atoms with Crippen LogP contribution < -0.4 is 10.6 Å². The summed E-state index contributed by atoms with van der Waals surface area (Å²) in [4.78, 5) is 12.7. The molecule has 0 saturated carbocycles. The van der Waals surface area contributed by atoms with Crippen molar-refractivity contribution in [1.29, 1.82) is 0 Å².